The average Bonchev–Trinajstić information content (AvgIpc) is 3.15. The van der Waals surface area contributed by atoms with Crippen molar-refractivity contribution in [3.05, 3.63) is 52.6 Å². The van der Waals surface area contributed by atoms with E-state index in [4.69, 9.17) is 0 Å². The number of anilines is 1. The average molecular weight is 336 g/mol. The Morgan fingerprint density at radius 2 is 2.20 bits per heavy atom. The predicted octanol–water partition coefficient (Wildman–Crippen LogP) is 2.32. The third-order valence-corrected chi connectivity index (χ3v) is 4.91. The number of hydrogen-bond acceptors (Lipinski definition) is 4. The lowest BCUT2D eigenvalue weighted by molar-refractivity contribution is -0.134. The molecule has 1 aromatic carbocycles. The van der Waals surface area contributed by atoms with E-state index in [2.05, 4.69) is 15.3 Å². The number of fused-ring (bicyclic) bond motifs is 2. The summed E-state index contributed by atoms with van der Waals surface area (Å²) in [6, 6.07) is 5.87. The molecule has 4 rings (SSSR count). The Bertz CT molecular complexity index is 878. The van der Waals surface area contributed by atoms with Crippen molar-refractivity contribution < 1.29 is 9.59 Å². The van der Waals surface area contributed by atoms with Gasteiger partial charge in [-0.25, -0.2) is 9.97 Å². The monoisotopic (exact) mass is 336 g/mol. The number of hydrogen-bond donors (Lipinski definition) is 1. The number of nitrogens with zero attached hydrogens (tertiary/aromatic N) is 3. The Morgan fingerprint density at radius 3 is 3.00 bits per heavy atom. The van der Waals surface area contributed by atoms with Gasteiger partial charge in [0.05, 0.1) is 18.2 Å². The molecule has 0 fully saturated rings. The molecule has 25 heavy (non-hydrogen) atoms. The standard InChI is InChI=1S/C19H20N4O2/c1-3-17-20-8-12-9-23(10-16(12)21-17)18(24)7-14-13-5-4-11(2)6-15(13)22-19(14)25/h4-6,8,14H,3,7,9-10H2,1-2H3,(H,22,25)/t14-/m0/s1. The summed E-state index contributed by atoms with van der Waals surface area (Å²) in [6.07, 6.45) is 2.78. The van der Waals surface area contributed by atoms with Crippen molar-refractivity contribution in [2.45, 2.75) is 45.7 Å². The normalized spacial score (nSPS) is 18.1. The highest BCUT2D eigenvalue weighted by molar-refractivity contribution is 6.05. The molecule has 0 saturated carbocycles. The summed E-state index contributed by atoms with van der Waals surface area (Å²) >= 11 is 0. The fourth-order valence-corrected chi connectivity index (χ4v) is 3.49. The Kier molecular flexibility index (Phi) is 3.75. The molecule has 6 heteroatoms. The molecule has 128 valence electrons. The molecule has 2 aromatic rings. The van der Waals surface area contributed by atoms with Gasteiger partial charge in [-0.1, -0.05) is 19.1 Å². The molecule has 0 radical (unpaired) electrons. The summed E-state index contributed by atoms with van der Waals surface area (Å²) in [7, 11) is 0. The summed E-state index contributed by atoms with van der Waals surface area (Å²) < 4.78 is 0. The van der Waals surface area contributed by atoms with Gasteiger partial charge in [0.15, 0.2) is 0 Å². The third-order valence-electron chi connectivity index (χ3n) is 4.91. The van der Waals surface area contributed by atoms with Gasteiger partial charge in [0.1, 0.15) is 5.82 Å². The maximum absolute atomic E-state index is 12.7. The van der Waals surface area contributed by atoms with Gasteiger partial charge in [-0.2, -0.15) is 0 Å². The lowest BCUT2D eigenvalue weighted by atomic mass is 9.96. The minimum Gasteiger partial charge on any atom is -0.332 e. The van der Waals surface area contributed by atoms with Crippen molar-refractivity contribution in [2.75, 3.05) is 5.32 Å². The highest BCUT2D eigenvalue weighted by Crippen LogP contribution is 2.36. The van der Waals surface area contributed by atoms with Crippen LogP contribution in [0, 0.1) is 6.92 Å². The summed E-state index contributed by atoms with van der Waals surface area (Å²) in [4.78, 5) is 35.6. The summed E-state index contributed by atoms with van der Waals surface area (Å²) in [5.41, 5.74) is 4.75. The first-order valence-electron chi connectivity index (χ1n) is 8.58. The van der Waals surface area contributed by atoms with Gasteiger partial charge in [0, 0.05) is 36.8 Å². The van der Waals surface area contributed by atoms with Crippen LogP contribution < -0.4 is 5.32 Å². The largest absolute Gasteiger partial charge is 0.332 e. The highest BCUT2D eigenvalue weighted by Gasteiger charge is 2.35. The number of aryl methyl sites for hydroxylation is 2. The highest BCUT2D eigenvalue weighted by atomic mass is 16.2. The minimum absolute atomic E-state index is 0.0235. The van der Waals surface area contributed by atoms with E-state index >= 15 is 0 Å². The molecule has 0 spiro atoms. The lowest BCUT2D eigenvalue weighted by Crippen LogP contribution is -2.28. The zero-order valence-electron chi connectivity index (χ0n) is 14.4. The van der Waals surface area contributed by atoms with Crippen LogP contribution in [0.4, 0.5) is 5.69 Å². The maximum Gasteiger partial charge on any atom is 0.232 e. The fraction of sp³-hybridized carbons (Fsp3) is 0.368. The molecule has 0 aliphatic carbocycles. The van der Waals surface area contributed by atoms with Crippen molar-refractivity contribution in [1.82, 2.24) is 14.9 Å². The van der Waals surface area contributed by atoms with Crippen molar-refractivity contribution in [2.24, 2.45) is 0 Å². The summed E-state index contributed by atoms with van der Waals surface area (Å²) in [6.45, 7) is 5.02. The van der Waals surface area contributed by atoms with Crippen LogP contribution in [-0.2, 0) is 29.1 Å². The molecule has 0 saturated heterocycles. The van der Waals surface area contributed by atoms with Crippen LogP contribution in [0.25, 0.3) is 0 Å². The van der Waals surface area contributed by atoms with Crippen LogP contribution in [0.5, 0.6) is 0 Å². The van der Waals surface area contributed by atoms with E-state index in [1.54, 1.807) is 4.90 Å². The third kappa shape index (κ3) is 2.77. The number of benzene rings is 1. The molecule has 1 N–H and O–H groups in total. The zero-order valence-corrected chi connectivity index (χ0v) is 14.4. The second-order valence-corrected chi connectivity index (χ2v) is 6.70. The first kappa shape index (κ1) is 15.7. The quantitative estimate of drug-likeness (QED) is 0.933. The summed E-state index contributed by atoms with van der Waals surface area (Å²) in [5, 5.41) is 2.88. The smallest absolute Gasteiger partial charge is 0.232 e. The van der Waals surface area contributed by atoms with Crippen LogP contribution in [0.2, 0.25) is 0 Å². The fourth-order valence-electron chi connectivity index (χ4n) is 3.49. The molecular formula is C19H20N4O2. The van der Waals surface area contributed by atoms with E-state index in [1.807, 2.05) is 38.2 Å². The number of carbonyl (C=O) groups excluding carboxylic acids is 2. The molecule has 1 aromatic heterocycles. The molecule has 3 heterocycles. The van der Waals surface area contributed by atoms with Crippen LogP contribution in [0.15, 0.2) is 24.4 Å². The van der Waals surface area contributed by atoms with Gasteiger partial charge in [0.25, 0.3) is 0 Å². The van der Waals surface area contributed by atoms with Crippen LogP contribution in [-0.4, -0.2) is 26.7 Å². The van der Waals surface area contributed by atoms with Gasteiger partial charge in [-0.3, -0.25) is 9.59 Å². The SMILES string of the molecule is CCc1ncc2c(n1)CN(C(=O)C[C@@H]1C(=O)Nc3cc(C)ccc31)C2. The lowest BCUT2D eigenvalue weighted by Gasteiger charge is -2.17. The molecule has 1 atom stereocenters. The van der Waals surface area contributed by atoms with E-state index in [0.717, 1.165) is 40.3 Å². The number of rotatable bonds is 3. The predicted molar refractivity (Wildman–Crippen MR) is 92.8 cm³/mol. The molecular weight excluding hydrogens is 316 g/mol. The molecule has 0 unspecified atom stereocenters. The van der Waals surface area contributed by atoms with Crippen LogP contribution in [0.1, 0.15) is 47.5 Å². The van der Waals surface area contributed by atoms with Gasteiger partial charge < -0.3 is 10.2 Å². The Balaban J connectivity index is 1.49. The van der Waals surface area contributed by atoms with Crippen molar-refractivity contribution in [3.63, 3.8) is 0 Å². The van der Waals surface area contributed by atoms with Crippen molar-refractivity contribution in [1.29, 1.82) is 0 Å². The van der Waals surface area contributed by atoms with Crippen LogP contribution in [0.3, 0.4) is 0 Å². The first-order valence-corrected chi connectivity index (χ1v) is 8.58. The molecule has 2 amide bonds. The molecule has 2 aliphatic heterocycles. The Labute approximate surface area is 146 Å². The minimum atomic E-state index is -0.413. The van der Waals surface area contributed by atoms with Gasteiger partial charge in [0.2, 0.25) is 11.8 Å². The van der Waals surface area contributed by atoms with Gasteiger partial charge >= 0.3 is 0 Å². The molecule has 6 nitrogen and oxygen atoms in total. The summed E-state index contributed by atoms with van der Waals surface area (Å²) in [5.74, 6) is 0.264. The van der Waals surface area contributed by atoms with Crippen molar-refractivity contribution >= 4 is 17.5 Å². The second-order valence-electron chi connectivity index (χ2n) is 6.70. The molecule has 0 bridgehead atoms. The number of carbonyl (C=O) groups is 2. The number of aromatic nitrogens is 2. The van der Waals surface area contributed by atoms with E-state index in [1.165, 1.54) is 0 Å². The molecule has 2 aliphatic rings. The number of amides is 2. The van der Waals surface area contributed by atoms with Crippen molar-refractivity contribution in [3.8, 4) is 0 Å². The van der Waals surface area contributed by atoms with E-state index in [-0.39, 0.29) is 18.2 Å². The Morgan fingerprint density at radius 1 is 1.36 bits per heavy atom. The maximum atomic E-state index is 12.7. The van der Waals surface area contributed by atoms with Gasteiger partial charge in [-0.15, -0.1) is 0 Å². The van der Waals surface area contributed by atoms with E-state index in [0.29, 0.717) is 13.1 Å². The zero-order chi connectivity index (χ0) is 17.6. The van der Waals surface area contributed by atoms with E-state index < -0.39 is 5.92 Å². The van der Waals surface area contributed by atoms with E-state index in [9.17, 15) is 9.59 Å². The Hall–Kier alpha value is -2.76. The van der Waals surface area contributed by atoms with Crippen LogP contribution >= 0.6 is 0 Å². The second kappa shape index (κ2) is 5.95. The first-order chi connectivity index (χ1) is 12.0. The number of nitrogens with one attached hydrogen (secondary N) is 1. The topological polar surface area (TPSA) is 75.2 Å². The van der Waals surface area contributed by atoms with Gasteiger partial charge in [-0.05, 0) is 24.1 Å².